The molecule has 1 N–H and O–H groups in total. The van der Waals surface area contributed by atoms with Crippen LogP contribution in [0.5, 0.6) is 0 Å². The minimum Gasteiger partial charge on any atom is -0.232 e. The Hall–Kier alpha value is -1.31. The molecule has 1 nitrogen and oxygen atoms in total. The first-order valence-corrected chi connectivity index (χ1v) is 6.66. The molecule has 94 valence electrons. The molecule has 0 heterocycles. The second-order valence-corrected chi connectivity index (χ2v) is 4.75. The third kappa shape index (κ3) is 2.43. The van der Waals surface area contributed by atoms with Crippen molar-refractivity contribution in [2.45, 2.75) is 18.8 Å². The number of halogens is 1. The van der Waals surface area contributed by atoms with E-state index in [1.807, 2.05) is 12.1 Å². The molecule has 0 radical (unpaired) electrons. The van der Waals surface area contributed by atoms with E-state index in [2.05, 4.69) is 60.3 Å². The molecule has 18 heavy (non-hydrogen) atoms. The van der Waals surface area contributed by atoms with E-state index in [4.69, 9.17) is 11.8 Å². The predicted octanol–water partition coefficient (Wildman–Crippen LogP) is 4.13. The Bertz CT molecular complexity index is 427. The fourth-order valence-electron chi connectivity index (χ4n) is 2.53. The summed E-state index contributed by atoms with van der Waals surface area (Å²) in [7, 11) is 0. The molecule has 0 atom stereocenters. The average Bonchev–Trinajstić information content (AvgIpc) is 2.47. The van der Waals surface area contributed by atoms with E-state index in [0.29, 0.717) is 0 Å². The van der Waals surface area contributed by atoms with Crippen LogP contribution >= 0.6 is 11.8 Å². The summed E-state index contributed by atoms with van der Waals surface area (Å²) in [6.07, 6.45) is 1.00. The number of benzene rings is 2. The molecular formula is C16H18ClN. The van der Waals surface area contributed by atoms with Gasteiger partial charge in [-0.3, -0.25) is 0 Å². The molecule has 0 spiro atoms. The zero-order valence-electron chi connectivity index (χ0n) is 10.6. The van der Waals surface area contributed by atoms with Gasteiger partial charge < -0.3 is 0 Å². The lowest BCUT2D eigenvalue weighted by Gasteiger charge is -2.33. The van der Waals surface area contributed by atoms with Crippen molar-refractivity contribution in [1.29, 1.82) is 0 Å². The minimum atomic E-state index is -0.0652. The summed E-state index contributed by atoms with van der Waals surface area (Å²) in [5, 5.41) is 0. The molecule has 0 bridgehead atoms. The van der Waals surface area contributed by atoms with Gasteiger partial charge in [0.15, 0.2) is 0 Å². The molecule has 0 aromatic heterocycles. The molecule has 0 amide bonds. The number of hydrogen-bond acceptors (Lipinski definition) is 1. The van der Waals surface area contributed by atoms with Crippen molar-refractivity contribution in [3.8, 4) is 0 Å². The fourth-order valence-corrected chi connectivity index (χ4v) is 2.76. The molecule has 0 aliphatic rings. The van der Waals surface area contributed by atoms with E-state index >= 15 is 0 Å². The summed E-state index contributed by atoms with van der Waals surface area (Å²) >= 11 is 5.81. The normalized spacial score (nSPS) is 11.4. The minimum absolute atomic E-state index is 0.0652. The molecule has 2 heteroatoms. The van der Waals surface area contributed by atoms with Crippen LogP contribution in [0.4, 0.5) is 0 Å². The summed E-state index contributed by atoms with van der Waals surface area (Å²) in [5.41, 5.74) is 2.53. The molecule has 2 aromatic carbocycles. The van der Waals surface area contributed by atoms with Crippen molar-refractivity contribution < 1.29 is 0 Å². The van der Waals surface area contributed by atoms with Gasteiger partial charge >= 0.3 is 0 Å². The number of nitrogens with one attached hydrogen (secondary N) is 1. The van der Waals surface area contributed by atoms with Crippen LogP contribution in [-0.4, -0.2) is 6.54 Å². The van der Waals surface area contributed by atoms with Gasteiger partial charge in [0.2, 0.25) is 0 Å². The van der Waals surface area contributed by atoms with Crippen LogP contribution in [0.3, 0.4) is 0 Å². The number of rotatable bonds is 5. The SMILES string of the molecule is CCC(CNCl)(c1ccccc1)c1ccccc1. The van der Waals surface area contributed by atoms with Crippen LogP contribution < -0.4 is 4.84 Å². The Morgan fingerprint density at radius 3 is 1.67 bits per heavy atom. The van der Waals surface area contributed by atoms with Crippen LogP contribution in [0.25, 0.3) is 0 Å². The standard InChI is InChI=1S/C16H18ClN/c1-2-16(13-18-17,14-9-5-3-6-10-14)15-11-7-4-8-12-15/h3-12,18H,2,13H2,1H3. The second kappa shape index (κ2) is 6.03. The van der Waals surface area contributed by atoms with Gasteiger partial charge in [-0.15, -0.1) is 0 Å². The topological polar surface area (TPSA) is 12.0 Å². The Morgan fingerprint density at radius 1 is 0.889 bits per heavy atom. The highest BCUT2D eigenvalue weighted by Gasteiger charge is 2.31. The maximum atomic E-state index is 5.81. The second-order valence-electron chi connectivity index (χ2n) is 4.48. The smallest absolute Gasteiger partial charge is 0.0337 e. The van der Waals surface area contributed by atoms with Gasteiger partial charge in [-0.2, -0.15) is 0 Å². The lowest BCUT2D eigenvalue weighted by atomic mass is 9.72. The van der Waals surface area contributed by atoms with Gasteiger partial charge in [0.25, 0.3) is 0 Å². The maximum Gasteiger partial charge on any atom is 0.0337 e. The van der Waals surface area contributed by atoms with Gasteiger partial charge in [0, 0.05) is 12.0 Å². The summed E-state index contributed by atoms with van der Waals surface area (Å²) in [4.78, 5) is 2.83. The Morgan fingerprint density at radius 2 is 1.33 bits per heavy atom. The monoisotopic (exact) mass is 259 g/mol. The van der Waals surface area contributed by atoms with Crippen LogP contribution in [0.1, 0.15) is 24.5 Å². The molecule has 0 aliphatic heterocycles. The largest absolute Gasteiger partial charge is 0.232 e. The summed E-state index contributed by atoms with van der Waals surface area (Å²) in [6, 6.07) is 21.1. The van der Waals surface area contributed by atoms with E-state index in [0.717, 1.165) is 13.0 Å². The van der Waals surface area contributed by atoms with E-state index in [9.17, 15) is 0 Å². The van der Waals surface area contributed by atoms with Crippen molar-refractivity contribution in [3.63, 3.8) is 0 Å². The molecule has 0 unspecified atom stereocenters. The van der Waals surface area contributed by atoms with Gasteiger partial charge in [0.05, 0.1) is 0 Å². The van der Waals surface area contributed by atoms with Crippen molar-refractivity contribution in [2.75, 3.05) is 6.54 Å². The predicted molar refractivity (Wildman–Crippen MR) is 77.8 cm³/mol. The Kier molecular flexibility index (Phi) is 4.40. The molecule has 0 saturated carbocycles. The first-order valence-electron chi connectivity index (χ1n) is 6.28. The maximum absolute atomic E-state index is 5.81. The van der Waals surface area contributed by atoms with E-state index in [1.54, 1.807) is 0 Å². The fraction of sp³-hybridized carbons (Fsp3) is 0.250. The molecule has 0 saturated heterocycles. The summed E-state index contributed by atoms with van der Waals surface area (Å²) < 4.78 is 0. The Labute approximate surface area is 114 Å². The first-order chi connectivity index (χ1) is 8.83. The molecular weight excluding hydrogens is 242 g/mol. The highest BCUT2D eigenvalue weighted by atomic mass is 35.5. The van der Waals surface area contributed by atoms with Crippen LogP contribution in [-0.2, 0) is 5.41 Å². The molecule has 0 aliphatic carbocycles. The van der Waals surface area contributed by atoms with Gasteiger partial charge in [-0.05, 0) is 29.3 Å². The first kappa shape index (κ1) is 13.1. The molecule has 0 fully saturated rings. The van der Waals surface area contributed by atoms with Gasteiger partial charge in [-0.25, -0.2) is 4.84 Å². The number of hydrogen-bond donors (Lipinski definition) is 1. The van der Waals surface area contributed by atoms with Crippen LogP contribution in [0, 0.1) is 0 Å². The lowest BCUT2D eigenvalue weighted by molar-refractivity contribution is 0.491. The van der Waals surface area contributed by atoms with Gasteiger partial charge in [0.1, 0.15) is 0 Å². The quantitative estimate of drug-likeness (QED) is 0.797. The van der Waals surface area contributed by atoms with Crippen LogP contribution in [0.2, 0.25) is 0 Å². The Balaban J connectivity index is 2.53. The van der Waals surface area contributed by atoms with E-state index in [1.165, 1.54) is 11.1 Å². The van der Waals surface area contributed by atoms with E-state index < -0.39 is 0 Å². The molecule has 2 aromatic rings. The third-order valence-electron chi connectivity index (χ3n) is 3.62. The highest BCUT2D eigenvalue weighted by molar-refractivity contribution is 6.13. The summed E-state index contributed by atoms with van der Waals surface area (Å²) in [5.74, 6) is 0. The zero-order valence-corrected chi connectivity index (χ0v) is 11.3. The third-order valence-corrected chi connectivity index (χ3v) is 3.76. The van der Waals surface area contributed by atoms with E-state index in [-0.39, 0.29) is 5.41 Å². The zero-order chi connectivity index (χ0) is 12.8. The van der Waals surface area contributed by atoms with Crippen molar-refractivity contribution in [1.82, 2.24) is 4.84 Å². The van der Waals surface area contributed by atoms with Crippen LogP contribution in [0.15, 0.2) is 60.7 Å². The molecule has 2 rings (SSSR count). The summed E-state index contributed by atoms with van der Waals surface area (Å²) in [6.45, 7) is 2.92. The average molecular weight is 260 g/mol. The van der Waals surface area contributed by atoms with Crippen molar-refractivity contribution in [3.05, 3.63) is 71.8 Å². The van der Waals surface area contributed by atoms with Crippen molar-refractivity contribution in [2.24, 2.45) is 0 Å². The van der Waals surface area contributed by atoms with Gasteiger partial charge in [-0.1, -0.05) is 67.6 Å². The lowest BCUT2D eigenvalue weighted by Crippen LogP contribution is -2.35. The van der Waals surface area contributed by atoms with Crippen molar-refractivity contribution >= 4 is 11.8 Å². The highest BCUT2D eigenvalue weighted by Crippen LogP contribution is 2.35.